The van der Waals surface area contributed by atoms with Gasteiger partial charge in [-0.3, -0.25) is 0 Å². The molecule has 0 aromatic carbocycles. The predicted octanol–water partition coefficient (Wildman–Crippen LogP) is 0.722. The Labute approximate surface area is 97.7 Å². The van der Waals surface area contributed by atoms with Crippen LogP contribution in [0.5, 0.6) is 0 Å². The normalized spacial score (nSPS) is 29.1. The first-order chi connectivity index (χ1) is 7.68. The van der Waals surface area contributed by atoms with Crippen molar-refractivity contribution in [2.75, 3.05) is 25.4 Å². The number of rotatable bonds is 3. The molecule has 0 amide bonds. The summed E-state index contributed by atoms with van der Waals surface area (Å²) in [4.78, 5) is 0. The Morgan fingerprint density at radius 2 is 1.88 bits per heavy atom. The molecule has 2 aliphatic heterocycles. The third-order valence-corrected chi connectivity index (χ3v) is 5.81. The van der Waals surface area contributed by atoms with Crippen LogP contribution >= 0.6 is 0 Å². The largest absolute Gasteiger partial charge is 0.377 e. The highest BCUT2D eigenvalue weighted by atomic mass is 32.2. The molecule has 1 N–H and O–H groups in total. The van der Waals surface area contributed by atoms with Gasteiger partial charge in [0.25, 0.3) is 0 Å². The van der Waals surface area contributed by atoms with Crippen LogP contribution in [0.1, 0.15) is 32.1 Å². The lowest BCUT2D eigenvalue weighted by Gasteiger charge is -2.27. The SMILES string of the molecule is O=S(=O)(CC1CCCCO1)C1CCNCC1. The molecule has 2 aliphatic rings. The van der Waals surface area contributed by atoms with E-state index in [0.29, 0.717) is 0 Å². The predicted molar refractivity (Wildman–Crippen MR) is 63.3 cm³/mol. The van der Waals surface area contributed by atoms with Crippen molar-refractivity contribution in [1.29, 1.82) is 0 Å². The van der Waals surface area contributed by atoms with Crippen molar-refractivity contribution < 1.29 is 13.2 Å². The van der Waals surface area contributed by atoms with Crippen LogP contribution in [-0.2, 0) is 14.6 Å². The summed E-state index contributed by atoms with van der Waals surface area (Å²) in [7, 11) is -2.95. The Hall–Kier alpha value is -0.130. The highest BCUT2D eigenvalue weighted by Gasteiger charge is 2.30. The first-order valence-corrected chi connectivity index (χ1v) is 7.94. The minimum absolute atomic E-state index is 0.0476. The van der Waals surface area contributed by atoms with E-state index in [-0.39, 0.29) is 17.1 Å². The van der Waals surface area contributed by atoms with Crippen LogP contribution in [0.15, 0.2) is 0 Å². The highest BCUT2D eigenvalue weighted by Crippen LogP contribution is 2.20. The van der Waals surface area contributed by atoms with Crippen molar-refractivity contribution in [3.8, 4) is 0 Å². The second-order valence-electron chi connectivity index (χ2n) is 4.77. The fraction of sp³-hybridized carbons (Fsp3) is 1.00. The third-order valence-electron chi connectivity index (χ3n) is 3.49. The van der Waals surface area contributed by atoms with Gasteiger partial charge in [-0.1, -0.05) is 0 Å². The lowest BCUT2D eigenvalue weighted by Crippen LogP contribution is -2.39. The molecule has 0 radical (unpaired) electrons. The molecule has 2 fully saturated rings. The smallest absolute Gasteiger partial charge is 0.155 e. The van der Waals surface area contributed by atoms with Gasteiger partial charge in [-0.15, -0.1) is 0 Å². The zero-order valence-electron chi connectivity index (χ0n) is 9.65. The van der Waals surface area contributed by atoms with E-state index in [1.165, 1.54) is 0 Å². The van der Waals surface area contributed by atoms with Crippen molar-refractivity contribution >= 4 is 9.84 Å². The topological polar surface area (TPSA) is 55.4 Å². The molecule has 0 spiro atoms. The number of piperidine rings is 1. The summed E-state index contributed by atoms with van der Waals surface area (Å²) < 4.78 is 29.8. The molecule has 2 rings (SSSR count). The summed E-state index contributed by atoms with van der Waals surface area (Å²) in [5.74, 6) is 0.234. The number of hydrogen-bond acceptors (Lipinski definition) is 4. The lowest BCUT2D eigenvalue weighted by molar-refractivity contribution is 0.0304. The van der Waals surface area contributed by atoms with Gasteiger partial charge in [0.15, 0.2) is 9.84 Å². The molecule has 1 atom stereocenters. The molecule has 16 heavy (non-hydrogen) atoms. The van der Waals surface area contributed by atoms with Crippen LogP contribution in [0.25, 0.3) is 0 Å². The van der Waals surface area contributed by atoms with E-state index in [0.717, 1.165) is 51.8 Å². The fourth-order valence-corrected chi connectivity index (χ4v) is 4.50. The monoisotopic (exact) mass is 247 g/mol. The highest BCUT2D eigenvalue weighted by molar-refractivity contribution is 7.92. The summed E-state index contributed by atoms with van der Waals surface area (Å²) in [6, 6.07) is 0. The number of ether oxygens (including phenoxy) is 1. The number of sulfone groups is 1. The van der Waals surface area contributed by atoms with Gasteiger partial charge in [0.2, 0.25) is 0 Å². The summed E-state index contributed by atoms with van der Waals surface area (Å²) >= 11 is 0. The van der Waals surface area contributed by atoms with Gasteiger partial charge in [0.05, 0.1) is 17.1 Å². The lowest BCUT2D eigenvalue weighted by atomic mass is 10.1. The Morgan fingerprint density at radius 3 is 2.50 bits per heavy atom. The van der Waals surface area contributed by atoms with Crippen molar-refractivity contribution in [3.63, 3.8) is 0 Å². The second-order valence-corrected chi connectivity index (χ2v) is 7.09. The molecular weight excluding hydrogens is 226 g/mol. The van der Waals surface area contributed by atoms with Crippen LogP contribution in [0.4, 0.5) is 0 Å². The molecule has 0 aromatic rings. The van der Waals surface area contributed by atoms with Gasteiger partial charge in [0, 0.05) is 6.61 Å². The molecule has 94 valence electrons. The van der Waals surface area contributed by atoms with Gasteiger partial charge in [-0.25, -0.2) is 8.42 Å². The van der Waals surface area contributed by atoms with Gasteiger partial charge >= 0.3 is 0 Å². The summed E-state index contributed by atoms with van der Waals surface area (Å²) in [6.07, 6.45) is 4.55. The minimum Gasteiger partial charge on any atom is -0.377 e. The van der Waals surface area contributed by atoms with Crippen LogP contribution < -0.4 is 5.32 Å². The van der Waals surface area contributed by atoms with E-state index < -0.39 is 9.84 Å². The van der Waals surface area contributed by atoms with Gasteiger partial charge in [-0.2, -0.15) is 0 Å². The Kier molecular flexibility index (Phi) is 4.21. The minimum atomic E-state index is -2.95. The maximum atomic E-state index is 12.1. The first kappa shape index (κ1) is 12.3. The molecule has 0 saturated carbocycles. The van der Waals surface area contributed by atoms with Crippen LogP contribution in [0, 0.1) is 0 Å². The zero-order chi connectivity index (χ0) is 11.4. The Bertz CT molecular complexity index is 303. The van der Waals surface area contributed by atoms with Gasteiger partial charge < -0.3 is 10.1 Å². The molecule has 2 saturated heterocycles. The molecule has 1 unspecified atom stereocenters. The molecular formula is C11H21NO3S. The van der Waals surface area contributed by atoms with Crippen LogP contribution in [0.2, 0.25) is 0 Å². The van der Waals surface area contributed by atoms with E-state index in [2.05, 4.69) is 5.32 Å². The van der Waals surface area contributed by atoms with Crippen molar-refractivity contribution in [2.24, 2.45) is 0 Å². The van der Waals surface area contributed by atoms with E-state index in [9.17, 15) is 8.42 Å². The maximum absolute atomic E-state index is 12.1. The van der Waals surface area contributed by atoms with E-state index in [1.807, 2.05) is 0 Å². The molecule has 0 bridgehead atoms. The van der Waals surface area contributed by atoms with Gasteiger partial charge in [0.1, 0.15) is 0 Å². The third kappa shape index (κ3) is 3.18. The van der Waals surface area contributed by atoms with Crippen molar-refractivity contribution in [2.45, 2.75) is 43.5 Å². The van der Waals surface area contributed by atoms with Crippen molar-refractivity contribution in [3.05, 3.63) is 0 Å². The van der Waals surface area contributed by atoms with Crippen LogP contribution in [0.3, 0.4) is 0 Å². The molecule has 0 aliphatic carbocycles. The van der Waals surface area contributed by atoms with Crippen LogP contribution in [-0.4, -0.2) is 45.2 Å². The number of hydrogen-bond donors (Lipinski definition) is 1. The summed E-state index contributed by atoms with van der Waals surface area (Å²) in [5.41, 5.74) is 0. The first-order valence-electron chi connectivity index (χ1n) is 6.22. The standard InChI is InChI=1S/C11H21NO3S/c13-16(14,11-4-6-12-7-5-11)9-10-3-1-2-8-15-10/h10-12H,1-9H2. The maximum Gasteiger partial charge on any atom is 0.155 e. The second kappa shape index (κ2) is 5.47. The zero-order valence-corrected chi connectivity index (χ0v) is 10.5. The summed E-state index contributed by atoms with van der Waals surface area (Å²) in [6.45, 7) is 2.39. The Balaban J connectivity index is 1.90. The average molecular weight is 247 g/mol. The molecule has 2 heterocycles. The summed E-state index contributed by atoms with van der Waals surface area (Å²) in [5, 5.41) is 3.06. The number of nitrogens with one attached hydrogen (secondary N) is 1. The average Bonchev–Trinajstić information content (AvgIpc) is 2.31. The van der Waals surface area contributed by atoms with E-state index in [4.69, 9.17) is 4.74 Å². The van der Waals surface area contributed by atoms with Gasteiger partial charge in [-0.05, 0) is 45.2 Å². The molecule has 0 aromatic heterocycles. The quantitative estimate of drug-likeness (QED) is 0.798. The fourth-order valence-electron chi connectivity index (χ4n) is 2.49. The molecule has 4 nitrogen and oxygen atoms in total. The molecule has 5 heteroatoms. The van der Waals surface area contributed by atoms with E-state index >= 15 is 0 Å². The van der Waals surface area contributed by atoms with E-state index in [1.54, 1.807) is 0 Å². The van der Waals surface area contributed by atoms with Crippen molar-refractivity contribution in [1.82, 2.24) is 5.32 Å². The Morgan fingerprint density at radius 1 is 1.12 bits per heavy atom.